The van der Waals surface area contributed by atoms with Crippen LogP contribution in [-0.4, -0.2) is 34.4 Å². The summed E-state index contributed by atoms with van der Waals surface area (Å²) < 4.78 is 6.82. The highest BCUT2D eigenvalue weighted by Crippen LogP contribution is 2.03. The molecule has 2 amide bonds. The zero-order valence-corrected chi connectivity index (χ0v) is 14.6. The SMILES string of the molecule is CC(C)OC(=O)CCNC(=O)NCc1cnn(Cc2ccccc2)c1. The van der Waals surface area contributed by atoms with E-state index in [1.807, 2.05) is 41.2 Å². The first kappa shape index (κ1) is 18.5. The van der Waals surface area contributed by atoms with E-state index in [9.17, 15) is 9.59 Å². The van der Waals surface area contributed by atoms with Gasteiger partial charge in [-0.15, -0.1) is 0 Å². The molecule has 7 nitrogen and oxygen atoms in total. The maximum absolute atomic E-state index is 11.7. The van der Waals surface area contributed by atoms with E-state index in [2.05, 4.69) is 15.7 Å². The zero-order valence-electron chi connectivity index (χ0n) is 14.6. The van der Waals surface area contributed by atoms with Crippen LogP contribution in [0.25, 0.3) is 0 Å². The van der Waals surface area contributed by atoms with Gasteiger partial charge in [-0.25, -0.2) is 4.79 Å². The standard InChI is InChI=1S/C18H24N4O3/c1-14(2)25-17(23)8-9-19-18(24)20-10-16-11-21-22(13-16)12-15-6-4-3-5-7-15/h3-7,11,13-14H,8-10,12H2,1-2H3,(H2,19,20,24). The highest BCUT2D eigenvalue weighted by Gasteiger charge is 2.07. The lowest BCUT2D eigenvalue weighted by atomic mass is 10.2. The van der Waals surface area contributed by atoms with Gasteiger partial charge in [0.15, 0.2) is 0 Å². The number of esters is 1. The molecular formula is C18H24N4O3. The third kappa shape index (κ3) is 7.07. The van der Waals surface area contributed by atoms with Gasteiger partial charge in [0.1, 0.15) is 0 Å². The molecule has 0 aliphatic rings. The Hall–Kier alpha value is -2.83. The maximum atomic E-state index is 11.7. The van der Waals surface area contributed by atoms with E-state index in [-0.39, 0.29) is 31.1 Å². The lowest BCUT2D eigenvalue weighted by molar-refractivity contribution is -0.147. The molecule has 1 heterocycles. The summed E-state index contributed by atoms with van der Waals surface area (Å²) in [5.41, 5.74) is 2.07. The fraction of sp³-hybridized carbons (Fsp3) is 0.389. The van der Waals surface area contributed by atoms with Crippen LogP contribution in [0.2, 0.25) is 0 Å². The van der Waals surface area contributed by atoms with Gasteiger partial charge in [0.05, 0.1) is 25.3 Å². The van der Waals surface area contributed by atoms with Gasteiger partial charge in [-0.3, -0.25) is 9.48 Å². The number of nitrogens with one attached hydrogen (secondary N) is 2. The Morgan fingerprint density at radius 2 is 1.92 bits per heavy atom. The van der Waals surface area contributed by atoms with Crippen molar-refractivity contribution >= 4 is 12.0 Å². The minimum absolute atomic E-state index is 0.145. The van der Waals surface area contributed by atoms with Crippen LogP contribution in [0.1, 0.15) is 31.4 Å². The molecule has 0 atom stereocenters. The Labute approximate surface area is 147 Å². The number of hydrogen-bond acceptors (Lipinski definition) is 4. The molecule has 1 aromatic carbocycles. The van der Waals surface area contributed by atoms with Crippen molar-refractivity contribution in [3.63, 3.8) is 0 Å². The average molecular weight is 344 g/mol. The molecule has 1 aromatic heterocycles. The number of hydrogen-bond donors (Lipinski definition) is 2. The molecule has 2 rings (SSSR count). The average Bonchev–Trinajstić information content (AvgIpc) is 3.00. The summed E-state index contributed by atoms with van der Waals surface area (Å²) in [4.78, 5) is 23.1. The van der Waals surface area contributed by atoms with E-state index in [0.717, 1.165) is 11.1 Å². The molecule has 0 saturated carbocycles. The molecule has 0 unspecified atom stereocenters. The predicted octanol–water partition coefficient (Wildman–Crippen LogP) is 2.07. The molecule has 0 fully saturated rings. The van der Waals surface area contributed by atoms with Crippen molar-refractivity contribution in [2.24, 2.45) is 0 Å². The number of aromatic nitrogens is 2. The van der Waals surface area contributed by atoms with Crippen molar-refractivity contribution in [2.45, 2.75) is 39.5 Å². The normalized spacial score (nSPS) is 10.5. The van der Waals surface area contributed by atoms with Crippen LogP contribution in [0.15, 0.2) is 42.7 Å². The summed E-state index contributed by atoms with van der Waals surface area (Å²) in [6, 6.07) is 9.70. The minimum Gasteiger partial charge on any atom is -0.463 e. The summed E-state index contributed by atoms with van der Waals surface area (Å²) in [5, 5.41) is 9.65. The molecule has 0 aliphatic heterocycles. The third-order valence-corrected chi connectivity index (χ3v) is 3.31. The smallest absolute Gasteiger partial charge is 0.315 e. The van der Waals surface area contributed by atoms with Crippen LogP contribution in [-0.2, 0) is 22.6 Å². The largest absolute Gasteiger partial charge is 0.463 e. The number of nitrogens with zero attached hydrogens (tertiary/aromatic N) is 2. The molecule has 0 radical (unpaired) electrons. The van der Waals surface area contributed by atoms with E-state index < -0.39 is 0 Å². The number of carbonyl (C=O) groups excluding carboxylic acids is 2. The van der Waals surface area contributed by atoms with Crippen LogP contribution < -0.4 is 10.6 Å². The Morgan fingerprint density at radius 1 is 1.16 bits per heavy atom. The Bertz CT molecular complexity index is 683. The quantitative estimate of drug-likeness (QED) is 0.718. The third-order valence-electron chi connectivity index (χ3n) is 3.31. The molecular weight excluding hydrogens is 320 g/mol. The molecule has 0 spiro atoms. The van der Waals surface area contributed by atoms with Crippen LogP contribution >= 0.6 is 0 Å². The van der Waals surface area contributed by atoms with Crippen molar-refractivity contribution in [2.75, 3.05) is 6.54 Å². The summed E-state index contributed by atoms with van der Waals surface area (Å²) in [6.07, 6.45) is 3.63. The lowest BCUT2D eigenvalue weighted by Gasteiger charge is -2.09. The number of rotatable bonds is 8. The monoisotopic (exact) mass is 344 g/mol. The summed E-state index contributed by atoms with van der Waals surface area (Å²) in [6.45, 7) is 4.87. The number of amides is 2. The van der Waals surface area contributed by atoms with Crippen LogP contribution in [0.5, 0.6) is 0 Å². The molecule has 0 bridgehead atoms. The highest BCUT2D eigenvalue weighted by molar-refractivity contribution is 5.75. The van der Waals surface area contributed by atoms with Crippen molar-refractivity contribution < 1.29 is 14.3 Å². The minimum atomic E-state index is -0.326. The van der Waals surface area contributed by atoms with Gasteiger partial charge >= 0.3 is 12.0 Å². The second-order valence-electron chi connectivity index (χ2n) is 5.93. The predicted molar refractivity (Wildman–Crippen MR) is 93.9 cm³/mol. The van der Waals surface area contributed by atoms with Gasteiger partial charge in [0, 0.05) is 24.8 Å². The van der Waals surface area contributed by atoms with E-state index in [1.165, 1.54) is 0 Å². The first-order valence-electron chi connectivity index (χ1n) is 8.29. The van der Waals surface area contributed by atoms with Gasteiger partial charge in [0.2, 0.25) is 0 Å². The number of urea groups is 1. The molecule has 2 N–H and O–H groups in total. The molecule has 7 heteroatoms. The van der Waals surface area contributed by atoms with E-state index in [4.69, 9.17) is 4.74 Å². The molecule has 0 saturated heterocycles. The van der Waals surface area contributed by atoms with Crippen LogP contribution in [0.3, 0.4) is 0 Å². The van der Waals surface area contributed by atoms with E-state index in [0.29, 0.717) is 13.1 Å². The van der Waals surface area contributed by atoms with Gasteiger partial charge in [-0.2, -0.15) is 5.10 Å². The summed E-state index contributed by atoms with van der Waals surface area (Å²) in [7, 11) is 0. The first-order chi connectivity index (χ1) is 12.0. The Kier molecular flexibility index (Phi) is 7.00. The topological polar surface area (TPSA) is 85.2 Å². The second kappa shape index (κ2) is 9.46. The maximum Gasteiger partial charge on any atom is 0.315 e. The fourth-order valence-corrected chi connectivity index (χ4v) is 2.20. The van der Waals surface area contributed by atoms with Crippen molar-refractivity contribution in [1.29, 1.82) is 0 Å². The van der Waals surface area contributed by atoms with Crippen molar-refractivity contribution in [3.05, 3.63) is 53.9 Å². The number of benzene rings is 1. The zero-order chi connectivity index (χ0) is 18.1. The highest BCUT2D eigenvalue weighted by atomic mass is 16.5. The second-order valence-corrected chi connectivity index (χ2v) is 5.93. The molecule has 25 heavy (non-hydrogen) atoms. The number of ether oxygens (including phenoxy) is 1. The summed E-state index contributed by atoms with van der Waals surface area (Å²) >= 11 is 0. The first-order valence-corrected chi connectivity index (χ1v) is 8.29. The molecule has 2 aromatic rings. The molecule has 134 valence electrons. The number of carbonyl (C=O) groups is 2. The van der Waals surface area contributed by atoms with Gasteiger partial charge < -0.3 is 15.4 Å². The summed E-state index contributed by atoms with van der Waals surface area (Å²) in [5.74, 6) is -0.322. The van der Waals surface area contributed by atoms with Gasteiger partial charge in [-0.05, 0) is 19.4 Å². The Balaban J connectivity index is 1.67. The van der Waals surface area contributed by atoms with Crippen LogP contribution in [0, 0.1) is 0 Å². The van der Waals surface area contributed by atoms with Gasteiger partial charge in [0.25, 0.3) is 0 Å². The van der Waals surface area contributed by atoms with Gasteiger partial charge in [-0.1, -0.05) is 30.3 Å². The van der Waals surface area contributed by atoms with Crippen molar-refractivity contribution in [3.8, 4) is 0 Å². The van der Waals surface area contributed by atoms with Crippen LogP contribution in [0.4, 0.5) is 4.79 Å². The van der Waals surface area contributed by atoms with Crippen molar-refractivity contribution in [1.82, 2.24) is 20.4 Å². The van der Waals surface area contributed by atoms with E-state index in [1.54, 1.807) is 20.0 Å². The Morgan fingerprint density at radius 3 is 2.64 bits per heavy atom. The fourth-order valence-electron chi connectivity index (χ4n) is 2.20. The molecule has 0 aliphatic carbocycles. The van der Waals surface area contributed by atoms with E-state index >= 15 is 0 Å². The lowest BCUT2D eigenvalue weighted by Crippen LogP contribution is -2.36.